The smallest absolute Gasteiger partial charge is 0.302 e. The molecule has 1 N–H and O–H groups in total. The van der Waals surface area contributed by atoms with E-state index >= 15 is 0 Å². The number of aliphatic hydroxyl groups is 1. The number of rotatable bonds is 8. The molecule has 0 aliphatic heterocycles. The van der Waals surface area contributed by atoms with Gasteiger partial charge in [-0.3, -0.25) is 9.59 Å². The first-order valence-electron chi connectivity index (χ1n) is 7.69. The van der Waals surface area contributed by atoms with Crippen molar-refractivity contribution in [3.05, 3.63) is 57.0 Å². The van der Waals surface area contributed by atoms with Crippen molar-refractivity contribution in [2.24, 2.45) is 7.05 Å². The lowest BCUT2D eigenvalue weighted by atomic mass is 10.0. The van der Waals surface area contributed by atoms with Crippen LogP contribution in [0.4, 0.5) is 8.78 Å². The van der Waals surface area contributed by atoms with Crippen LogP contribution < -0.4 is 5.56 Å². The average Bonchev–Trinajstić information content (AvgIpc) is 2.63. The molecule has 0 radical (unpaired) electrons. The van der Waals surface area contributed by atoms with Gasteiger partial charge in [-0.2, -0.15) is 5.10 Å². The highest BCUT2D eigenvalue weighted by Gasteiger charge is 2.23. The molecular formula is C17H18F2N2O4S. The summed E-state index contributed by atoms with van der Waals surface area (Å²) in [5.74, 6) is -2.38. The third-order valence-corrected chi connectivity index (χ3v) is 4.37. The van der Waals surface area contributed by atoms with Gasteiger partial charge >= 0.3 is 5.56 Å². The number of nitrogens with zero attached hydrogens (tertiary/aromatic N) is 2. The maximum atomic E-state index is 14.5. The maximum Gasteiger partial charge on any atom is 0.302 e. The topological polar surface area (TPSA) is 81.4 Å². The second-order valence-electron chi connectivity index (χ2n) is 5.40. The van der Waals surface area contributed by atoms with Crippen molar-refractivity contribution >= 4 is 17.5 Å². The number of thioether (sulfide) groups is 1. The van der Waals surface area contributed by atoms with Crippen LogP contribution in [0.25, 0.3) is 0 Å². The zero-order valence-corrected chi connectivity index (χ0v) is 15.1. The highest BCUT2D eigenvalue weighted by Crippen LogP contribution is 2.22. The van der Waals surface area contributed by atoms with Gasteiger partial charge in [-0.15, -0.1) is 11.8 Å². The normalized spacial score (nSPS) is 11.0. The Morgan fingerprint density at radius 1 is 1.38 bits per heavy atom. The van der Waals surface area contributed by atoms with Crippen LogP contribution in [0.5, 0.6) is 0 Å². The Morgan fingerprint density at radius 2 is 2.12 bits per heavy atom. The lowest BCUT2D eigenvalue weighted by Crippen LogP contribution is -2.29. The van der Waals surface area contributed by atoms with E-state index in [2.05, 4.69) is 5.10 Å². The second-order valence-corrected chi connectivity index (χ2v) is 6.28. The summed E-state index contributed by atoms with van der Waals surface area (Å²) in [6.07, 6.45) is 1.50. The molecule has 0 saturated carbocycles. The summed E-state index contributed by atoms with van der Waals surface area (Å²) in [7, 11) is 1.22. The van der Waals surface area contributed by atoms with Crippen molar-refractivity contribution in [1.29, 1.82) is 0 Å². The van der Waals surface area contributed by atoms with Crippen LogP contribution in [0, 0.1) is 11.6 Å². The van der Waals surface area contributed by atoms with Gasteiger partial charge in [0, 0.05) is 23.9 Å². The fraction of sp³-hybridized carbons (Fsp3) is 0.353. The van der Waals surface area contributed by atoms with E-state index in [4.69, 9.17) is 9.84 Å². The molecular weight excluding hydrogens is 366 g/mol. The monoisotopic (exact) mass is 384 g/mol. The molecule has 9 heteroatoms. The van der Waals surface area contributed by atoms with Gasteiger partial charge < -0.3 is 9.84 Å². The van der Waals surface area contributed by atoms with E-state index in [-0.39, 0.29) is 36.5 Å². The molecule has 0 amide bonds. The van der Waals surface area contributed by atoms with Gasteiger partial charge in [0.25, 0.3) is 0 Å². The summed E-state index contributed by atoms with van der Waals surface area (Å²) >= 11 is 1.35. The molecule has 2 aromatic rings. The van der Waals surface area contributed by atoms with Gasteiger partial charge in [0.15, 0.2) is 5.82 Å². The molecule has 0 aliphatic rings. The standard InChI is InChI=1S/C17H18F2N2O4S/c1-21-17(24)15(19)12(16(20-21)14(23)9-25-6-5-22)7-10-3-4-11(26-2)8-13(10)18/h3-4,8,22H,5-7,9H2,1-2H3. The van der Waals surface area contributed by atoms with E-state index in [0.717, 1.165) is 0 Å². The number of Topliss-reactive ketones (excluding diaryl/α,β-unsaturated/α-hetero) is 1. The summed E-state index contributed by atoms with van der Waals surface area (Å²) < 4.78 is 34.4. The fourth-order valence-corrected chi connectivity index (χ4v) is 2.73. The van der Waals surface area contributed by atoms with E-state index in [9.17, 15) is 18.4 Å². The van der Waals surface area contributed by atoms with Crippen molar-refractivity contribution in [1.82, 2.24) is 9.78 Å². The van der Waals surface area contributed by atoms with Crippen molar-refractivity contribution < 1.29 is 23.4 Å². The first kappa shape index (κ1) is 20.2. The molecule has 0 bridgehead atoms. The Morgan fingerprint density at radius 3 is 2.73 bits per heavy atom. The van der Waals surface area contributed by atoms with E-state index < -0.39 is 29.6 Å². The minimum absolute atomic E-state index is 0.0694. The lowest BCUT2D eigenvalue weighted by Gasteiger charge is -2.12. The molecule has 0 unspecified atom stereocenters. The Hall–Kier alpha value is -2.10. The van der Waals surface area contributed by atoms with E-state index in [0.29, 0.717) is 9.58 Å². The van der Waals surface area contributed by atoms with Crippen LogP contribution in [0.2, 0.25) is 0 Å². The molecule has 0 aliphatic carbocycles. The van der Waals surface area contributed by atoms with Gasteiger partial charge in [-0.1, -0.05) is 6.07 Å². The molecule has 26 heavy (non-hydrogen) atoms. The number of aromatic nitrogens is 2. The van der Waals surface area contributed by atoms with E-state index in [1.807, 2.05) is 0 Å². The average molecular weight is 384 g/mol. The number of carbonyl (C=O) groups excluding carboxylic acids is 1. The molecule has 0 atom stereocenters. The van der Waals surface area contributed by atoms with Gasteiger partial charge in [-0.05, 0) is 24.0 Å². The summed E-state index contributed by atoms with van der Waals surface area (Å²) in [6.45, 7) is -0.783. The minimum atomic E-state index is -1.15. The van der Waals surface area contributed by atoms with Crippen LogP contribution in [0.3, 0.4) is 0 Å². The number of ketones is 1. The van der Waals surface area contributed by atoms with Crippen LogP contribution in [-0.4, -0.2) is 46.7 Å². The Labute approximate surface area is 152 Å². The molecule has 140 valence electrons. The first-order valence-corrected chi connectivity index (χ1v) is 8.91. The largest absolute Gasteiger partial charge is 0.394 e. The molecule has 1 aromatic carbocycles. The number of ether oxygens (including phenoxy) is 1. The maximum absolute atomic E-state index is 14.5. The molecule has 2 rings (SSSR count). The fourth-order valence-electron chi connectivity index (χ4n) is 2.30. The molecule has 6 nitrogen and oxygen atoms in total. The number of aryl methyl sites for hydroxylation is 1. The summed E-state index contributed by atoms with van der Waals surface area (Å²) in [6, 6.07) is 4.45. The van der Waals surface area contributed by atoms with Gasteiger partial charge in [0.2, 0.25) is 5.78 Å². The summed E-state index contributed by atoms with van der Waals surface area (Å²) in [5, 5.41) is 12.5. The van der Waals surface area contributed by atoms with Gasteiger partial charge in [0.1, 0.15) is 18.1 Å². The van der Waals surface area contributed by atoms with Crippen LogP contribution in [0.15, 0.2) is 27.9 Å². The summed E-state index contributed by atoms with van der Waals surface area (Å²) in [5.41, 5.74) is -1.44. The van der Waals surface area contributed by atoms with Crippen LogP contribution in [-0.2, 0) is 18.2 Å². The molecule has 1 heterocycles. The predicted molar refractivity (Wildman–Crippen MR) is 92.7 cm³/mol. The lowest BCUT2D eigenvalue weighted by molar-refractivity contribution is 0.0656. The van der Waals surface area contributed by atoms with E-state index in [1.165, 1.54) is 30.9 Å². The number of hydrogen-bond donors (Lipinski definition) is 1. The third-order valence-electron chi connectivity index (χ3n) is 3.64. The first-order chi connectivity index (χ1) is 12.4. The Kier molecular flexibility index (Phi) is 7.01. The Balaban J connectivity index is 2.44. The highest BCUT2D eigenvalue weighted by atomic mass is 32.2. The predicted octanol–water partition coefficient (Wildman–Crippen LogP) is 1.56. The number of carbonyl (C=O) groups is 1. The Bertz CT molecular complexity index is 871. The van der Waals surface area contributed by atoms with Crippen molar-refractivity contribution in [3.8, 4) is 0 Å². The molecule has 0 fully saturated rings. The van der Waals surface area contributed by atoms with E-state index in [1.54, 1.807) is 12.3 Å². The van der Waals surface area contributed by atoms with Crippen LogP contribution in [0.1, 0.15) is 21.6 Å². The summed E-state index contributed by atoms with van der Waals surface area (Å²) in [4.78, 5) is 24.8. The number of halogens is 2. The number of aliphatic hydroxyl groups excluding tert-OH is 1. The van der Waals surface area contributed by atoms with Crippen molar-refractivity contribution in [2.45, 2.75) is 11.3 Å². The van der Waals surface area contributed by atoms with Crippen molar-refractivity contribution in [3.63, 3.8) is 0 Å². The third kappa shape index (κ3) is 4.54. The zero-order valence-electron chi connectivity index (χ0n) is 14.3. The van der Waals surface area contributed by atoms with Gasteiger partial charge in [0.05, 0.1) is 13.2 Å². The SMILES string of the molecule is CSc1ccc(Cc2c(C(=O)COCCO)nn(C)c(=O)c2F)c(F)c1. The highest BCUT2D eigenvalue weighted by molar-refractivity contribution is 7.98. The van der Waals surface area contributed by atoms with Gasteiger partial charge in [-0.25, -0.2) is 13.5 Å². The number of hydrogen-bond acceptors (Lipinski definition) is 6. The zero-order chi connectivity index (χ0) is 19.3. The molecule has 0 saturated heterocycles. The quantitative estimate of drug-likeness (QED) is 0.423. The second kappa shape index (κ2) is 9.02. The van der Waals surface area contributed by atoms with Crippen molar-refractivity contribution in [2.75, 3.05) is 26.1 Å². The van der Waals surface area contributed by atoms with Crippen LogP contribution >= 0.6 is 11.8 Å². The molecule has 0 spiro atoms. The number of benzene rings is 1. The molecule has 1 aromatic heterocycles. The minimum Gasteiger partial charge on any atom is -0.394 e.